The Morgan fingerprint density at radius 2 is 1.58 bits per heavy atom. The molecular weight excluding hydrogens is 1390 g/mol. The number of hydrogen-bond acceptors (Lipinski definition) is 27. The van der Waals surface area contributed by atoms with E-state index < -0.39 is 149 Å². The molecule has 31 heteroatoms. The Balaban J connectivity index is 1.15. The molecular formula is C62H84IN3O24S3. The second kappa shape index (κ2) is 33.8. The lowest BCUT2D eigenvalue weighted by molar-refractivity contribution is -0.337. The summed E-state index contributed by atoms with van der Waals surface area (Å²) < 4.78 is 72.3. The molecule has 516 valence electrons. The molecule has 4 saturated heterocycles. The predicted octanol–water partition coefficient (Wildman–Crippen LogP) is 3.82. The quantitative estimate of drug-likeness (QED) is 0.0227. The number of aliphatic carboxylic acids is 1. The van der Waals surface area contributed by atoms with Gasteiger partial charge in [-0.05, 0) is 95.2 Å². The first-order chi connectivity index (χ1) is 44.1. The Bertz CT molecular complexity index is 3080. The second-order valence-electron chi connectivity index (χ2n) is 23.3. The minimum absolute atomic E-state index is 0.00298. The van der Waals surface area contributed by atoms with E-state index in [1.54, 1.807) is 38.7 Å². The number of hydroxylamine groups is 1. The van der Waals surface area contributed by atoms with Crippen LogP contribution in [0.4, 0.5) is 4.79 Å². The summed E-state index contributed by atoms with van der Waals surface area (Å²) in [7, 11) is 9.38. The van der Waals surface area contributed by atoms with E-state index in [2.05, 4.69) is 34.5 Å². The maximum absolute atomic E-state index is 14.5. The number of carbonyl (C=O) groups is 5. The van der Waals surface area contributed by atoms with Gasteiger partial charge in [0, 0.05) is 68.6 Å². The average molecular weight is 1480 g/mol. The van der Waals surface area contributed by atoms with Crippen LogP contribution in [0.3, 0.4) is 0 Å². The number of likely N-dealkylation sites (N-methyl/N-ethyl adjacent to an activating group) is 1. The van der Waals surface area contributed by atoms with Gasteiger partial charge in [0.1, 0.15) is 36.6 Å². The Labute approximate surface area is 566 Å². The fourth-order valence-electron chi connectivity index (χ4n) is 11.6. The van der Waals surface area contributed by atoms with Gasteiger partial charge < -0.3 is 92.4 Å². The number of rotatable bonds is 25. The standard InChI is InChI=1S/C62H84IN3O24S3/c1-14-66(33(6)67)35-28-83-41(26-39(35)78-9)88-54-49(73)46(30(3)85-59(54)87-38-19-17-15-16-18-22-62(77)27-37(69)47(64-60(76)82-13)44(38)34(62)21-24-91-93-61(7,8)23-20-40(70)71)65-90-42-25-36(68)56(32(5)84-42)92-57(75)43-29(2)45(63)52(55(81-12)51(43)79-10)89-58-50(74)53(80-11)48(72)31(4)86-58/h15-16,21,30-32,35-36,38-39,41-42,46,48-50,53-54,56,58-59,65,68,72-74,77H,14,20,23-28H2,1-13H3,(H,64,76)(H,70,71)/b16-15+,34-21-/t30-,31+,32-,35+,36+,38+,39+,41+,42+,46-,48+,49-,50-,53-,54-,56-,58+,59+,62+/m1/s1. The van der Waals surface area contributed by atoms with Crippen molar-refractivity contribution in [3.8, 4) is 40.9 Å². The van der Waals surface area contributed by atoms with Crippen LogP contribution >= 0.6 is 55.9 Å². The summed E-state index contributed by atoms with van der Waals surface area (Å²) in [4.78, 5) is 73.8. The normalized spacial score (nSPS) is 33.7. The predicted molar refractivity (Wildman–Crippen MR) is 346 cm³/mol. The number of nitrogens with zero attached hydrogens (tertiary/aromatic N) is 1. The minimum atomic E-state index is -2.18. The highest BCUT2D eigenvalue weighted by molar-refractivity contribution is 14.1. The monoisotopic (exact) mass is 1480 g/mol. The first-order valence-corrected chi connectivity index (χ1v) is 34.3. The number of aliphatic hydroxyl groups excluding tert-OH is 4. The molecule has 2 bridgehead atoms. The number of amides is 2. The molecule has 0 saturated carbocycles. The zero-order chi connectivity index (χ0) is 68.4. The van der Waals surface area contributed by atoms with Crippen LogP contribution in [0.5, 0.6) is 17.2 Å². The smallest absolute Gasteiger partial charge is 0.411 e. The van der Waals surface area contributed by atoms with Crippen molar-refractivity contribution < 1.29 is 116 Å². The van der Waals surface area contributed by atoms with Crippen molar-refractivity contribution in [2.24, 2.45) is 0 Å². The van der Waals surface area contributed by atoms with Crippen molar-refractivity contribution in [1.29, 1.82) is 0 Å². The van der Waals surface area contributed by atoms with Crippen molar-refractivity contribution in [2.45, 2.75) is 207 Å². The van der Waals surface area contributed by atoms with Gasteiger partial charge in [0.05, 0.1) is 97.0 Å². The summed E-state index contributed by atoms with van der Waals surface area (Å²) in [5, 5.41) is 69.1. The van der Waals surface area contributed by atoms with Gasteiger partial charge in [0.2, 0.25) is 23.1 Å². The Hall–Kier alpha value is -4.31. The minimum Gasteiger partial charge on any atom is -0.492 e. The molecule has 1 aromatic rings. The molecule has 0 spiro atoms. The number of aliphatic hydroxyl groups is 5. The topological polar surface area (TPSA) is 354 Å². The summed E-state index contributed by atoms with van der Waals surface area (Å²) in [6.45, 7) is 13.9. The van der Waals surface area contributed by atoms with Gasteiger partial charge in [-0.15, -0.1) is 0 Å². The molecule has 4 aliphatic heterocycles. The van der Waals surface area contributed by atoms with Crippen LogP contribution in [-0.4, -0.2) is 239 Å². The molecule has 0 radical (unpaired) electrons. The largest absolute Gasteiger partial charge is 0.492 e. The lowest BCUT2D eigenvalue weighted by Gasteiger charge is -2.47. The summed E-state index contributed by atoms with van der Waals surface area (Å²) in [5.74, 6) is 9.77. The maximum Gasteiger partial charge on any atom is 0.411 e. The SMILES string of the molecule is CCN(C(C)=O)[C@H]1CO[C@@H](O[C@H]2[C@H](O[C@H]3C#C/C=C/C#C[C@]4(O)CC(=O)C(NC(=O)OC)=C3/C4=C/CSSC(C)(C)CCC(=O)O)O[C@H](C)[C@@H](NO[C@H]3C[C@H](O)[C@H](SC(=O)c4c(C)c(I)c(O[C@@H]5O[C@@H](C)[C@H](O)[C@@H](OC)[C@H]5O)c(OC)c4OC)[C@@H](C)O3)[C@H]2O)C[C@@H]1OC. The van der Waals surface area contributed by atoms with Crippen LogP contribution in [-0.2, 0) is 61.9 Å². The zero-order valence-electron chi connectivity index (χ0n) is 53.9. The molecule has 0 unspecified atom stereocenters. The number of ether oxygens (including phenoxy) is 12. The van der Waals surface area contributed by atoms with Gasteiger partial charge in [-0.25, -0.2) is 4.79 Å². The highest BCUT2D eigenvalue weighted by Gasteiger charge is 2.52. The maximum atomic E-state index is 14.5. The lowest BCUT2D eigenvalue weighted by Crippen LogP contribution is -2.65. The van der Waals surface area contributed by atoms with Crippen LogP contribution < -0.4 is 25.0 Å². The zero-order valence-corrected chi connectivity index (χ0v) is 58.5. The number of benzene rings is 1. The van der Waals surface area contributed by atoms with E-state index in [-0.39, 0.29) is 77.2 Å². The van der Waals surface area contributed by atoms with Crippen molar-refractivity contribution in [1.82, 2.24) is 15.7 Å². The molecule has 4 heterocycles. The van der Waals surface area contributed by atoms with Crippen molar-refractivity contribution >= 4 is 84.8 Å². The van der Waals surface area contributed by atoms with E-state index in [0.29, 0.717) is 22.1 Å². The van der Waals surface area contributed by atoms with Crippen LogP contribution in [0.1, 0.15) is 96.5 Å². The molecule has 93 heavy (non-hydrogen) atoms. The van der Waals surface area contributed by atoms with Gasteiger partial charge in [-0.1, -0.05) is 63.1 Å². The second-order valence-corrected chi connectivity index (χ2v) is 28.6. The summed E-state index contributed by atoms with van der Waals surface area (Å²) in [5.41, 5.74) is 0.809. The first kappa shape index (κ1) is 76.1. The number of thioether (sulfide) groups is 1. The number of allylic oxidation sites excluding steroid dienone is 3. The number of nitrogens with one attached hydrogen (secondary N) is 2. The van der Waals surface area contributed by atoms with Crippen molar-refractivity contribution in [3.63, 3.8) is 0 Å². The Morgan fingerprint density at radius 3 is 2.22 bits per heavy atom. The molecule has 8 N–H and O–H groups in total. The summed E-state index contributed by atoms with van der Waals surface area (Å²) in [6.07, 6.45) is -15.2. The van der Waals surface area contributed by atoms with Crippen molar-refractivity contribution in [2.75, 3.05) is 54.5 Å². The number of ketones is 1. The number of carboxylic acid groups (broad SMARTS) is 1. The van der Waals surface area contributed by atoms with Crippen LogP contribution in [0, 0.1) is 34.2 Å². The number of carboxylic acids is 1. The van der Waals surface area contributed by atoms with Gasteiger partial charge in [-0.2, -0.15) is 5.48 Å². The molecule has 19 atom stereocenters. The van der Waals surface area contributed by atoms with Gasteiger partial charge in [0.15, 0.2) is 41.8 Å². The number of carbonyl (C=O) groups excluding carboxylic acids is 4. The van der Waals surface area contributed by atoms with Crippen LogP contribution in [0.2, 0.25) is 0 Å². The van der Waals surface area contributed by atoms with Crippen molar-refractivity contribution in [3.05, 3.63) is 49.8 Å². The van der Waals surface area contributed by atoms with E-state index in [0.717, 1.165) is 18.9 Å². The Kier molecular flexibility index (Phi) is 27.6. The third-order valence-electron chi connectivity index (χ3n) is 16.5. The van der Waals surface area contributed by atoms with E-state index >= 15 is 0 Å². The molecule has 2 amide bonds. The molecule has 4 fully saturated rings. The van der Waals surface area contributed by atoms with E-state index in [9.17, 15) is 54.6 Å². The summed E-state index contributed by atoms with van der Waals surface area (Å²) in [6, 6.07) is -1.69. The van der Waals surface area contributed by atoms with Gasteiger partial charge in [-0.3, -0.25) is 29.3 Å². The number of alkyl carbamates (subject to hydrolysis) is 1. The fourth-order valence-corrected chi connectivity index (χ4v) is 15.8. The van der Waals surface area contributed by atoms with E-state index in [4.69, 9.17) is 61.7 Å². The molecule has 7 rings (SSSR count). The van der Waals surface area contributed by atoms with E-state index in [1.807, 2.05) is 43.4 Å². The lowest BCUT2D eigenvalue weighted by atomic mass is 9.75. The third kappa shape index (κ3) is 18.1. The number of fused-ring (bicyclic) bond motifs is 2. The average Bonchev–Trinajstić information content (AvgIpc) is 0.764. The molecule has 2 aliphatic carbocycles. The number of methoxy groups -OCH3 is 5. The first-order valence-electron chi connectivity index (χ1n) is 30.0. The summed E-state index contributed by atoms with van der Waals surface area (Å²) >= 11 is 2.78. The van der Waals surface area contributed by atoms with Crippen LogP contribution in [0.15, 0.2) is 35.1 Å². The number of hydrogen-bond donors (Lipinski definition) is 8. The van der Waals surface area contributed by atoms with Gasteiger partial charge in [0.25, 0.3) is 0 Å². The number of Topliss-reactive ketones (excluding diaryl/α,β-unsaturated/α-hetero) is 1. The molecule has 27 nitrogen and oxygen atoms in total. The fraction of sp³-hybridized carbons (Fsp3) is 0.661. The Morgan fingerprint density at radius 1 is 0.882 bits per heavy atom. The molecule has 0 aromatic heterocycles. The van der Waals surface area contributed by atoms with E-state index in [1.165, 1.54) is 69.1 Å². The molecule has 6 aliphatic rings. The third-order valence-corrected chi connectivity index (χ3v) is 22.4. The number of halogens is 1. The van der Waals surface area contributed by atoms with Crippen LogP contribution in [0.25, 0.3) is 0 Å². The highest BCUT2D eigenvalue weighted by atomic mass is 127. The highest BCUT2D eigenvalue weighted by Crippen LogP contribution is 2.49. The molecule has 1 aromatic carbocycles. The van der Waals surface area contributed by atoms with Gasteiger partial charge >= 0.3 is 12.1 Å².